The molecule has 70 heavy (non-hydrogen) atoms. The molecule has 0 bridgehead atoms. The molecule has 1 N–H and O–H groups in total. The third-order valence-electron chi connectivity index (χ3n) is 10.7. The molecule has 8 rings (SSSR count). The Morgan fingerprint density at radius 3 is 1.30 bits per heavy atom. The topological polar surface area (TPSA) is 102 Å². The fraction of sp³-hybridized carbons (Fsp3) is 0.0741. The van der Waals surface area contributed by atoms with Gasteiger partial charge in [-0.2, -0.15) is 30.7 Å². The molecular weight excluding hydrogens is 1090 g/mol. The number of aromatic hydroxyl groups is 1. The Morgan fingerprint density at radius 1 is 0.571 bits per heavy atom. The zero-order valence-electron chi connectivity index (χ0n) is 36.8. The van der Waals surface area contributed by atoms with E-state index < -0.39 is 60.4 Å². The van der Waals surface area contributed by atoms with Crippen LogP contribution in [0.2, 0.25) is 0 Å². The van der Waals surface area contributed by atoms with Crippen LogP contribution in [0.5, 0.6) is 5.75 Å². The van der Waals surface area contributed by atoms with E-state index in [9.17, 15) is 54.6 Å². The van der Waals surface area contributed by atoms with E-state index in [1.807, 2.05) is 165 Å². The van der Waals surface area contributed by atoms with Gasteiger partial charge in [-0.05, 0) is 18.6 Å². The van der Waals surface area contributed by atoms with Crippen LogP contribution in [0.15, 0.2) is 233 Å². The van der Waals surface area contributed by atoms with Crippen molar-refractivity contribution in [2.45, 2.75) is 24.9 Å². The van der Waals surface area contributed by atoms with Gasteiger partial charge in [0.05, 0.1) is 5.39 Å². The number of allylic oxidation sites excluding steroid dienone is 3. The van der Waals surface area contributed by atoms with E-state index in [0.29, 0.717) is 5.56 Å². The molecule has 1 heterocycles. The molecule has 359 valence electrons. The maximum Gasteiger partial charge on any atom is 0.460 e. The standard InChI is InChI=1S/C19H9F7O4.C18H15OP.C17H17OP.Eu/c20-17(21,18(22,23)19(24,25)26)15(28)12-13(27)11-8-4-7-10(14(11)30-16(12)29)9-5-2-1-3-6-9;19-20(16-10-4-1-5-11-16,17-12-6-2-7-13-17)18-14-8-3-9-15-18;1-3-15(4-2)19(18,16-11-7-5-8-12-16)17-13-9-6-10-14-17;/h1-8,27H;1-15H;3-14H,1H2,2H3;/b;;15-4+;. The van der Waals surface area contributed by atoms with Crippen LogP contribution in [0.1, 0.15) is 17.3 Å². The van der Waals surface area contributed by atoms with Crippen LogP contribution < -0.4 is 32.1 Å². The first-order valence-electron chi connectivity index (χ1n) is 20.8. The van der Waals surface area contributed by atoms with E-state index >= 15 is 0 Å². The predicted molar refractivity (Wildman–Crippen MR) is 259 cm³/mol. The van der Waals surface area contributed by atoms with Crippen LogP contribution in [0.25, 0.3) is 22.1 Å². The molecule has 0 aliphatic heterocycles. The zero-order valence-corrected chi connectivity index (χ0v) is 41.0. The van der Waals surface area contributed by atoms with Gasteiger partial charge in [-0.25, -0.2) is 4.79 Å². The Bertz CT molecular complexity index is 3080. The molecule has 0 aliphatic carbocycles. The van der Waals surface area contributed by atoms with Gasteiger partial charge in [-0.1, -0.05) is 213 Å². The summed E-state index contributed by atoms with van der Waals surface area (Å²) in [7, 11) is -5.57. The fourth-order valence-corrected chi connectivity index (χ4v) is 12.6. The van der Waals surface area contributed by atoms with Gasteiger partial charge in [-0.15, -0.1) is 0 Å². The number of carbonyl (C=O) groups is 1. The van der Waals surface area contributed by atoms with Crippen LogP contribution in [0.3, 0.4) is 0 Å². The maximum absolute atomic E-state index is 13.8. The fourth-order valence-electron chi connectivity index (χ4n) is 7.24. The van der Waals surface area contributed by atoms with Crippen molar-refractivity contribution in [1.29, 1.82) is 0 Å². The Morgan fingerprint density at radius 2 is 0.943 bits per heavy atom. The third kappa shape index (κ3) is 11.2. The van der Waals surface area contributed by atoms with Crippen LogP contribution in [-0.4, -0.2) is 28.9 Å². The smallest absolute Gasteiger partial charge is 0.460 e. The minimum atomic E-state index is -6.79. The van der Waals surface area contributed by atoms with E-state index in [1.165, 1.54) is 12.1 Å². The number of carbonyl (C=O) groups excluding carboxylic acids is 1. The van der Waals surface area contributed by atoms with E-state index in [-0.39, 0.29) is 60.5 Å². The molecule has 0 spiro atoms. The van der Waals surface area contributed by atoms with Crippen molar-refractivity contribution in [1.82, 2.24) is 0 Å². The van der Waals surface area contributed by atoms with E-state index in [1.54, 1.807) is 36.4 Å². The number of rotatable bonds is 11. The second-order valence-electron chi connectivity index (χ2n) is 15.0. The molecule has 1 radical (unpaired) electrons. The summed E-state index contributed by atoms with van der Waals surface area (Å²) in [4.78, 5) is 23.9. The predicted octanol–water partition coefficient (Wildman–Crippen LogP) is 12.6. The second kappa shape index (κ2) is 23.4. The van der Waals surface area contributed by atoms with Crippen molar-refractivity contribution in [3.05, 3.63) is 240 Å². The molecule has 0 saturated carbocycles. The third-order valence-corrected chi connectivity index (χ3v) is 17.0. The number of halogens is 7. The van der Waals surface area contributed by atoms with E-state index in [4.69, 9.17) is 4.42 Å². The summed E-state index contributed by atoms with van der Waals surface area (Å²) in [5, 5.41) is 14.7. The van der Waals surface area contributed by atoms with Gasteiger partial charge >= 0.3 is 23.6 Å². The minimum Gasteiger partial charge on any atom is -0.506 e. The first-order valence-corrected chi connectivity index (χ1v) is 24.3. The minimum absolute atomic E-state index is 0. The molecule has 0 atom stereocenters. The molecule has 0 amide bonds. The number of benzene rings is 7. The van der Waals surface area contributed by atoms with Crippen LogP contribution in [-0.2, 0) is 9.13 Å². The zero-order chi connectivity index (χ0) is 50.0. The summed E-state index contributed by atoms with van der Waals surface area (Å²) in [5.41, 5.74) is -3.77. The van der Waals surface area contributed by atoms with Gasteiger partial charge in [0.15, 0.2) is 19.8 Å². The Hall–Kier alpha value is -5.75. The number of Topliss-reactive ketones (excluding diaryl/α,β-unsaturated/α-hetero) is 1. The van der Waals surface area contributed by atoms with Crippen molar-refractivity contribution >= 4 is 57.6 Å². The van der Waals surface area contributed by atoms with Crippen molar-refractivity contribution in [3.8, 4) is 16.9 Å². The average molecular weight is 1130 g/mol. The number of alkyl halides is 7. The van der Waals surface area contributed by atoms with Crippen LogP contribution in [0.4, 0.5) is 30.7 Å². The van der Waals surface area contributed by atoms with Gasteiger partial charge in [0.2, 0.25) is 5.78 Å². The number of para-hydroxylation sites is 1. The molecule has 1 aromatic heterocycles. The van der Waals surface area contributed by atoms with E-state index in [2.05, 4.69) is 6.58 Å². The summed E-state index contributed by atoms with van der Waals surface area (Å²) < 4.78 is 123. The average Bonchev–Trinajstić information content (AvgIpc) is 3.37. The first-order chi connectivity index (χ1) is 32.8. The van der Waals surface area contributed by atoms with Crippen molar-refractivity contribution in [3.63, 3.8) is 0 Å². The normalized spacial score (nSPS) is 12.0. The van der Waals surface area contributed by atoms with E-state index in [0.717, 1.165) is 37.9 Å². The molecule has 8 aromatic rings. The van der Waals surface area contributed by atoms with Gasteiger partial charge in [0.1, 0.15) is 11.3 Å². The molecule has 0 fully saturated rings. The molecule has 0 saturated heterocycles. The molecule has 7 aromatic carbocycles. The molecular formula is C54H41EuF7O6P2. The van der Waals surface area contributed by atoms with Gasteiger partial charge in [0, 0.05) is 86.8 Å². The summed E-state index contributed by atoms with van der Waals surface area (Å²) in [6, 6.07) is 60.0. The Balaban J connectivity index is 0.000000201. The molecule has 0 unspecified atom stereocenters. The summed E-state index contributed by atoms with van der Waals surface area (Å²) >= 11 is 0. The molecule has 0 aliphatic rings. The van der Waals surface area contributed by atoms with Gasteiger partial charge in [0.25, 0.3) is 0 Å². The van der Waals surface area contributed by atoms with Crippen LogP contribution >= 0.6 is 14.3 Å². The Labute approximate surface area is 439 Å². The number of hydrogen-bond donors (Lipinski definition) is 1. The summed E-state index contributed by atoms with van der Waals surface area (Å²) in [6.07, 6.45) is -3.21. The van der Waals surface area contributed by atoms with Gasteiger partial charge in [-0.3, -0.25) is 4.79 Å². The summed E-state index contributed by atoms with van der Waals surface area (Å²) in [5.74, 6) is -17.9. The number of ketones is 1. The molecule has 16 heteroatoms. The van der Waals surface area contributed by atoms with Crippen LogP contribution in [0, 0.1) is 49.4 Å². The van der Waals surface area contributed by atoms with Crippen molar-refractivity contribution in [2.75, 3.05) is 0 Å². The molecule has 6 nitrogen and oxygen atoms in total. The largest absolute Gasteiger partial charge is 0.506 e. The monoisotopic (exact) mass is 1130 g/mol. The quantitative estimate of drug-likeness (QED) is 0.0455. The second-order valence-corrected chi connectivity index (χ2v) is 20.5. The van der Waals surface area contributed by atoms with Gasteiger partial charge < -0.3 is 18.7 Å². The number of hydrogen-bond acceptors (Lipinski definition) is 6. The number of fused-ring (bicyclic) bond motifs is 1. The van der Waals surface area contributed by atoms with Crippen molar-refractivity contribution in [2.24, 2.45) is 0 Å². The summed E-state index contributed by atoms with van der Waals surface area (Å²) in [6.45, 7) is 5.71. The SMILES string of the molecule is C=C/C(=C\C)P(=O)(c1ccccc1)c1ccccc1.O=C(c1c(O)c2cccc(-c3ccccc3)c2oc1=O)C(F)(F)C(F)(F)C(F)(F)F.O=P(c1ccccc1)(c1ccccc1)c1ccccc1.[Eu]. The Kier molecular flexibility index (Phi) is 18.5. The first kappa shape index (κ1) is 55.2. The van der Waals surface area contributed by atoms with Crippen molar-refractivity contribution < 1.29 is 104 Å². The maximum atomic E-state index is 13.8.